The zero-order valence-electron chi connectivity index (χ0n) is 13.6. The topological polar surface area (TPSA) is 35.5 Å². The SMILES string of the molecule is CC(C)(C)C(Br)C(=O)OCc1cccc(Oc2ccccc2)c1. The summed E-state index contributed by atoms with van der Waals surface area (Å²) < 4.78 is 11.2. The molecule has 0 aliphatic rings. The molecule has 0 fully saturated rings. The predicted octanol–water partition coefficient (Wildman–Crippen LogP) is 5.33. The van der Waals surface area contributed by atoms with Crippen LogP contribution in [-0.4, -0.2) is 10.8 Å². The maximum atomic E-state index is 12.0. The highest BCUT2D eigenvalue weighted by Gasteiger charge is 2.29. The standard InChI is InChI=1S/C19H21BrO3/c1-19(2,3)17(20)18(21)22-13-14-8-7-11-16(12-14)23-15-9-5-4-6-10-15/h4-12,17H,13H2,1-3H3. The zero-order chi connectivity index (χ0) is 16.9. The summed E-state index contributed by atoms with van der Waals surface area (Å²) in [5.74, 6) is 1.23. The van der Waals surface area contributed by atoms with Crippen molar-refractivity contribution in [3.63, 3.8) is 0 Å². The molecule has 0 saturated heterocycles. The second-order valence-corrected chi connectivity index (χ2v) is 7.31. The molecule has 23 heavy (non-hydrogen) atoms. The van der Waals surface area contributed by atoms with Crippen molar-refractivity contribution in [1.29, 1.82) is 0 Å². The van der Waals surface area contributed by atoms with Crippen LogP contribution < -0.4 is 4.74 Å². The second-order valence-electron chi connectivity index (χ2n) is 6.40. The van der Waals surface area contributed by atoms with Crippen molar-refractivity contribution in [3.8, 4) is 11.5 Å². The van der Waals surface area contributed by atoms with E-state index in [1.165, 1.54) is 0 Å². The van der Waals surface area contributed by atoms with E-state index in [2.05, 4.69) is 15.9 Å². The highest BCUT2D eigenvalue weighted by atomic mass is 79.9. The molecule has 0 bridgehead atoms. The Kier molecular flexibility index (Phi) is 5.83. The summed E-state index contributed by atoms with van der Waals surface area (Å²) >= 11 is 3.40. The smallest absolute Gasteiger partial charge is 0.320 e. The molecule has 0 heterocycles. The number of carbonyl (C=O) groups excluding carboxylic acids is 1. The van der Waals surface area contributed by atoms with Gasteiger partial charge in [-0.1, -0.05) is 67.0 Å². The lowest BCUT2D eigenvalue weighted by atomic mass is 9.92. The first-order chi connectivity index (χ1) is 10.9. The van der Waals surface area contributed by atoms with E-state index < -0.39 is 0 Å². The number of para-hydroxylation sites is 1. The van der Waals surface area contributed by atoms with Crippen molar-refractivity contribution < 1.29 is 14.3 Å². The summed E-state index contributed by atoms with van der Waals surface area (Å²) in [6.45, 7) is 6.19. The van der Waals surface area contributed by atoms with Crippen LogP contribution in [0.2, 0.25) is 0 Å². The van der Waals surface area contributed by atoms with Crippen LogP contribution in [0.5, 0.6) is 11.5 Å². The van der Waals surface area contributed by atoms with Gasteiger partial charge in [-0.2, -0.15) is 0 Å². The van der Waals surface area contributed by atoms with Gasteiger partial charge in [-0.25, -0.2) is 0 Å². The van der Waals surface area contributed by atoms with Crippen LogP contribution in [0.4, 0.5) is 0 Å². The highest BCUT2D eigenvalue weighted by molar-refractivity contribution is 9.10. The van der Waals surface area contributed by atoms with Crippen LogP contribution in [-0.2, 0) is 16.1 Å². The van der Waals surface area contributed by atoms with Crippen molar-refractivity contribution in [2.75, 3.05) is 0 Å². The van der Waals surface area contributed by atoms with Crippen LogP contribution in [0.1, 0.15) is 26.3 Å². The van der Waals surface area contributed by atoms with Gasteiger partial charge >= 0.3 is 5.97 Å². The minimum atomic E-state index is -0.334. The van der Waals surface area contributed by atoms with E-state index in [1.807, 2.05) is 75.4 Å². The van der Waals surface area contributed by atoms with Gasteiger partial charge in [-0.3, -0.25) is 4.79 Å². The lowest BCUT2D eigenvalue weighted by Crippen LogP contribution is -2.30. The van der Waals surface area contributed by atoms with E-state index in [9.17, 15) is 4.79 Å². The molecule has 0 radical (unpaired) electrons. The fraction of sp³-hybridized carbons (Fsp3) is 0.316. The molecule has 4 heteroatoms. The summed E-state index contributed by atoms with van der Waals surface area (Å²) in [5, 5.41) is 0. The number of alkyl halides is 1. The summed E-state index contributed by atoms with van der Waals surface area (Å²) in [7, 11) is 0. The monoisotopic (exact) mass is 376 g/mol. The van der Waals surface area contributed by atoms with Gasteiger partial charge < -0.3 is 9.47 Å². The Morgan fingerprint density at radius 2 is 1.70 bits per heavy atom. The fourth-order valence-electron chi connectivity index (χ4n) is 1.90. The third-order valence-corrected chi connectivity index (χ3v) is 4.97. The molecule has 1 unspecified atom stereocenters. The number of esters is 1. The summed E-state index contributed by atoms with van der Waals surface area (Å²) in [4.78, 5) is 11.7. The molecule has 0 spiro atoms. The second kappa shape index (κ2) is 7.64. The molecule has 3 nitrogen and oxygen atoms in total. The maximum absolute atomic E-state index is 12.0. The van der Waals surface area contributed by atoms with E-state index in [0.717, 1.165) is 17.1 Å². The van der Waals surface area contributed by atoms with Crippen molar-refractivity contribution >= 4 is 21.9 Å². The van der Waals surface area contributed by atoms with E-state index in [0.29, 0.717) is 0 Å². The Morgan fingerprint density at radius 1 is 1.04 bits per heavy atom. The van der Waals surface area contributed by atoms with Gasteiger partial charge in [-0.15, -0.1) is 0 Å². The van der Waals surface area contributed by atoms with Crippen LogP contribution in [0.3, 0.4) is 0 Å². The molecule has 0 saturated carbocycles. The molecular weight excluding hydrogens is 356 g/mol. The van der Waals surface area contributed by atoms with Crippen molar-refractivity contribution in [3.05, 3.63) is 60.2 Å². The highest BCUT2D eigenvalue weighted by Crippen LogP contribution is 2.27. The molecule has 0 aliphatic heterocycles. The van der Waals surface area contributed by atoms with E-state index in [-0.39, 0.29) is 22.8 Å². The minimum Gasteiger partial charge on any atom is -0.460 e. The van der Waals surface area contributed by atoms with Crippen LogP contribution in [0, 0.1) is 5.41 Å². The first-order valence-electron chi connectivity index (χ1n) is 7.49. The van der Waals surface area contributed by atoms with E-state index in [1.54, 1.807) is 0 Å². The molecule has 2 aromatic carbocycles. The van der Waals surface area contributed by atoms with Gasteiger partial charge in [0.2, 0.25) is 0 Å². The summed E-state index contributed by atoms with van der Waals surface area (Å²) in [5.41, 5.74) is 0.704. The predicted molar refractivity (Wildman–Crippen MR) is 94.9 cm³/mol. The number of halogens is 1. The van der Waals surface area contributed by atoms with Crippen LogP contribution in [0.15, 0.2) is 54.6 Å². The average molecular weight is 377 g/mol. The molecule has 0 amide bonds. The minimum absolute atomic E-state index is 0.185. The third kappa shape index (κ3) is 5.39. The van der Waals surface area contributed by atoms with E-state index >= 15 is 0 Å². The van der Waals surface area contributed by atoms with Crippen molar-refractivity contribution in [2.45, 2.75) is 32.2 Å². The molecule has 2 rings (SSSR count). The molecule has 1 atom stereocenters. The zero-order valence-corrected chi connectivity index (χ0v) is 15.2. The first kappa shape index (κ1) is 17.5. The molecule has 0 aromatic heterocycles. The van der Waals surface area contributed by atoms with Crippen molar-refractivity contribution in [1.82, 2.24) is 0 Å². The molecule has 2 aromatic rings. The Balaban J connectivity index is 1.97. The van der Waals surface area contributed by atoms with Gasteiger partial charge in [0.05, 0.1) is 0 Å². The number of ether oxygens (including phenoxy) is 2. The Labute approximate surface area is 145 Å². The number of hydrogen-bond donors (Lipinski definition) is 0. The normalized spacial score (nSPS) is 12.5. The van der Waals surface area contributed by atoms with Gasteiger partial charge in [0.25, 0.3) is 0 Å². The van der Waals surface area contributed by atoms with Crippen LogP contribution >= 0.6 is 15.9 Å². The quantitative estimate of drug-likeness (QED) is 0.522. The van der Waals surface area contributed by atoms with Gasteiger partial charge in [0, 0.05) is 0 Å². The van der Waals surface area contributed by atoms with Crippen molar-refractivity contribution in [2.24, 2.45) is 5.41 Å². The summed E-state index contributed by atoms with van der Waals surface area (Å²) in [6, 6.07) is 17.1. The Hall–Kier alpha value is -1.81. The number of carbonyl (C=O) groups is 1. The molecule has 0 aliphatic carbocycles. The van der Waals surface area contributed by atoms with Gasteiger partial charge in [0.15, 0.2) is 0 Å². The van der Waals surface area contributed by atoms with Crippen LogP contribution in [0.25, 0.3) is 0 Å². The lowest BCUT2D eigenvalue weighted by molar-refractivity contribution is -0.146. The van der Waals surface area contributed by atoms with Gasteiger partial charge in [-0.05, 0) is 35.2 Å². The average Bonchev–Trinajstić information content (AvgIpc) is 2.52. The summed E-state index contributed by atoms with van der Waals surface area (Å²) in [6.07, 6.45) is 0. The van der Waals surface area contributed by atoms with Gasteiger partial charge in [0.1, 0.15) is 22.9 Å². The number of benzene rings is 2. The Bertz CT molecular complexity index is 647. The molecular formula is C19H21BrO3. The largest absolute Gasteiger partial charge is 0.460 e. The third-order valence-electron chi connectivity index (χ3n) is 3.23. The molecule has 0 N–H and O–H groups in total. The number of hydrogen-bond acceptors (Lipinski definition) is 3. The first-order valence-corrected chi connectivity index (χ1v) is 8.40. The lowest BCUT2D eigenvalue weighted by Gasteiger charge is -2.23. The van der Waals surface area contributed by atoms with E-state index in [4.69, 9.17) is 9.47 Å². The maximum Gasteiger partial charge on any atom is 0.320 e. The fourth-order valence-corrected chi connectivity index (χ4v) is 2.04. The molecule has 122 valence electrons. The Morgan fingerprint density at radius 3 is 2.35 bits per heavy atom. The number of rotatable bonds is 5.